The minimum Gasteiger partial charge on any atom is -0.340 e. The molecule has 4 heteroatoms. The lowest BCUT2D eigenvalue weighted by atomic mass is 10.2. The number of carbonyl (C=O) groups is 1. The van der Waals surface area contributed by atoms with Gasteiger partial charge in [-0.1, -0.05) is 0 Å². The first-order chi connectivity index (χ1) is 6.81. The minimum absolute atomic E-state index is 0.196. The summed E-state index contributed by atoms with van der Waals surface area (Å²) in [6, 6.07) is 0.626. The molecule has 0 radical (unpaired) electrons. The van der Waals surface area contributed by atoms with Crippen LogP contribution in [0.5, 0.6) is 0 Å². The molecule has 2 heterocycles. The summed E-state index contributed by atoms with van der Waals surface area (Å²) in [6.07, 6.45) is 3.68. The summed E-state index contributed by atoms with van der Waals surface area (Å²) < 4.78 is 0. The molecule has 1 unspecified atom stereocenters. The number of thiol groups is 1. The average Bonchev–Trinajstić information content (AvgIpc) is 2.54. The molecule has 0 saturated carbocycles. The Labute approximate surface area is 90.8 Å². The Morgan fingerprint density at radius 2 is 2.07 bits per heavy atom. The predicted octanol–water partition coefficient (Wildman–Crippen LogP) is 0.613. The van der Waals surface area contributed by atoms with Gasteiger partial charge in [0.2, 0.25) is 5.91 Å². The average molecular weight is 214 g/mol. The maximum Gasteiger partial charge on any atom is 0.232 e. The van der Waals surface area contributed by atoms with E-state index >= 15 is 0 Å². The first kappa shape index (κ1) is 10.3. The highest BCUT2D eigenvalue weighted by molar-refractivity contribution is 7.81. The van der Waals surface area contributed by atoms with Crippen LogP contribution >= 0.6 is 12.6 Å². The molecule has 1 atom stereocenters. The Morgan fingerprint density at radius 3 is 2.86 bits per heavy atom. The Morgan fingerprint density at radius 1 is 1.29 bits per heavy atom. The van der Waals surface area contributed by atoms with Crippen LogP contribution in [0.2, 0.25) is 0 Å². The monoisotopic (exact) mass is 214 g/mol. The van der Waals surface area contributed by atoms with E-state index < -0.39 is 0 Å². The van der Waals surface area contributed by atoms with E-state index in [4.69, 9.17) is 0 Å². The Balaban J connectivity index is 1.98. The smallest absolute Gasteiger partial charge is 0.232 e. The molecule has 0 bridgehead atoms. The molecule has 1 amide bonds. The quantitative estimate of drug-likeness (QED) is 0.647. The highest BCUT2D eigenvalue weighted by atomic mass is 32.1. The van der Waals surface area contributed by atoms with Gasteiger partial charge in [0.15, 0.2) is 0 Å². The van der Waals surface area contributed by atoms with Crippen molar-refractivity contribution < 1.29 is 4.79 Å². The van der Waals surface area contributed by atoms with Gasteiger partial charge in [0, 0.05) is 25.7 Å². The summed E-state index contributed by atoms with van der Waals surface area (Å²) in [5.41, 5.74) is 0. The van der Waals surface area contributed by atoms with Crippen molar-refractivity contribution in [2.75, 3.05) is 31.9 Å². The predicted molar refractivity (Wildman–Crippen MR) is 59.6 cm³/mol. The molecule has 2 fully saturated rings. The normalized spacial score (nSPS) is 28.6. The number of hydrogen-bond donors (Lipinski definition) is 1. The van der Waals surface area contributed by atoms with Gasteiger partial charge in [-0.15, -0.1) is 0 Å². The van der Waals surface area contributed by atoms with Crippen molar-refractivity contribution in [2.45, 2.75) is 25.3 Å². The molecule has 0 N–H and O–H groups in total. The Hall–Kier alpha value is -0.220. The van der Waals surface area contributed by atoms with Crippen LogP contribution in [0.15, 0.2) is 0 Å². The topological polar surface area (TPSA) is 23.6 Å². The number of carbonyl (C=O) groups excluding carboxylic acids is 1. The van der Waals surface area contributed by atoms with Crippen molar-refractivity contribution in [1.29, 1.82) is 0 Å². The molecule has 3 nitrogen and oxygen atoms in total. The number of amides is 1. The second kappa shape index (κ2) is 4.53. The Bertz CT molecular complexity index is 222. The third kappa shape index (κ3) is 2.06. The van der Waals surface area contributed by atoms with Gasteiger partial charge >= 0.3 is 0 Å². The first-order valence-electron chi connectivity index (χ1n) is 5.44. The van der Waals surface area contributed by atoms with Crippen LogP contribution in [-0.4, -0.2) is 53.7 Å². The summed E-state index contributed by atoms with van der Waals surface area (Å²) in [6.45, 7) is 4.25. The molecule has 0 aromatic rings. The fourth-order valence-corrected chi connectivity index (χ4v) is 2.73. The number of hydrogen-bond acceptors (Lipinski definition) is 3. The van der Waals surface area contributed by atoms with Crippen molar-refractivity contribution in [3.63, 3.8) is 0 Å². The lowest BCUT2D eigenvalue weighted by Crippen LogP contribution is -2.40. The molecule has 0 aromatic carbocycles. The minimum atomic E-state index is 0.196. The second-order valence-electron chi connectivity index (χ2n) is 4.18. The molecule has 14 heavy (non-hydrogen) atoms. The summed E-state index contributed by atoms with van der Waals surface area (Å²) in [7, 11) is 0. The van der Waals surface area contributed by atoms with Crippen LogP contribution in [0.3, 0.4) is 0 Å². The lowest BCUT2D eigenvalue weighted by molar-refractivity contribution is -0.128. The highest BCUT2D eigenvalue weighted by Crippen LogP contribution is 2.21. The second-order valence-corrected chi connectivity index (χ2v) is 4.50. The summed E-state index contributed by atoms with van der Waals surface area (Å²) in [5.74, 6) is 0.550. The fourth-order valence-electron chi connectivity index (χ4n) is 2.53. The van der Waals surface area contributed by atoms with Crippen LogP contribution in [0.25, 0.3) is 0 Å². The highest BCUT2D eigenvalue weighted by Gasteiger charge is 2.29. The van der Waals surface area contributed by atoms with Gasteiger partial charge in [-0.25, -0.2) is 0 Å². The molecule has 0 aliphatic carbocycles. The molecule has 0 aromatic heterocycles. The van der Waals surface area contributed by atoms with Crippen molar-refractivity contribution >= 4 is 18.5 Å². The molecular weight excluding hydrogens is 196 g/mol. The molecule has 2 aliphatic heterocycles. The van der Waals surface area contributed by atoms with Gasteiger partial charge in [0.1, 0.15) is 0 Å². The summed E-state index contributed by atoms with van der Waals surface area (Å²) >= 11 is 4.05. The molecular formula is C10H18N2OS. The third-order valence-electron chi connectivity index (χ3n) is 3.29. The van der Waals surface area contributed by atoms with Gasteiger partial charge in [-0.2, -0.15) is 12.6 Å². The van der Waals surface area contributed by atoms with Gasteiger partial charge in [-0.3, -0.25) is 9.69 Å². The van der Waals surface area contributed by atoms with E-state index in [1.165, 1.54) is 25.9 Å². The van der Waals surface area contributed by atoms with Crippen molar-refractivity contribution in [1.82, 2.24) is 9.80 Å². The Kier molecular flexibility index (Phi) is 3.34. The van der Waals surface area contributed by atoms with Crippen molar-refractivity contribution in [3.8, 4) is 0 Å². The van der Waals surface area contributed by atoms with E-state index in [1.54, 1.807) is 0 Å². The maximum absolute atomic E-state index is 11.5. The van der Waals surface area contributed by atoms with E-state index in [1.807, 2.05) is 4.90 Å². The first-order valence-corrected chi connectivity index (χ1v) is 6.07. The lowest BCUT2D eigenvalue weighted by Gasteiger charge is -2.25. The molecule has 80 valence electrons. The van der Waals surface area contributed by atoms with Crippen molar-refractivity contribution in [3.05, 3.63) is 0 Å². The van der Waals surface area contributed by atoms with E-state index in [0.717, 1.165) is 19.5 Å². The number of nitrogens with zero attached hydrogens (tertiary/aromatic N) is 2. The SMILES string of the molecule is O=C(CS)N1CCCN2CCCC2C1. The summed E-state index contributed by atoms with van der Waals surface area (Å²) in [4.78, 5) is 16.1. The molecule has 2 rings (SSSR count). The van der Waals surface area contributed by atoms with E-state index in [-0.39, 0.29) is 5.91 Å². The van der Waals surface area contributed by atoms with E-state index in [0.29, 0.717) is 11.8 Å². The zero-order chi connectivity index (χ0) is 9.97. The third-order valence-corrected chi connectivity index (χ3v) is 3.56. The largest absolute Gasteiger partial charge is 0.340 e. The zero-order valence-corrected chi connectivity index (χ0v) is 9.38. The number of fused-ring (bicyclic) bond motifs is 1. The van der Waals surface area contributed by atoms with Gasteiger partial charge in [0.25, 0.3) is 0 Å². The van der Waals surface area contributed by atoms with Gasteiger partial charge < -0.3 is 4.90 Å². The van der Waals surface area contributed by atoms with E-state index in [9.17, 15) is 4.79 Å². The van der Waals surface area contributed by atoms with Crippen LogP contribution in [0, 0.1) is 0 Å². The van der Waals surface area contributed by atoms with Crippen LogP contribution in [0.1, 0.15) is 19.3 Å². The molecule has 2 aliphatic rings. The van der Waals surface area contributed by atoms with Crippen LogP contribution < -0.4 is 0 Å². The van der Waals surface area contributed by atoms with Gasteiger partial charge in [-0.05, 0) is 25.8 Å². The van der Waals surface area contributed by atoms with Crippen molar-refractivity contribution in [2.24, 2.45) is 0 Å². The molecule has 2 saturated heterocycles. The van der Waals surface area contributed by atoms with Crippen LogP contribution in [-0.2, 0) is 4.79 Å². The zero-order valence-electron chi connectivity index (χ0n) is 8.48. The molecule has 0 spiro atoms. The van der Waals surface area contributed by atoms with Gasteiger partial charge in [0.05, 0.1) is 5.75 Å². The fraction of sp³-hybridized carbons (Fsp3) is 0.900. The maximum atomic E-state index is 11.5. The number of rotatable bonds is 1. The standard InChI is InChI=1S/C10H18N2OS/c13-10(8-14)12-6-2-5-11-4-1-3-9(11)7-12/h9,14H,1-8H2. The summed E-state index contributed by atoms with van der Waals surface area (Å²) in [5, 5.41) is 0. The van der Waals surface area contributed by atoms with E-state index in [2.05, 4.69) is 17.5 Å². The van der Waals surface area contributed by atoms with Crippen LogP contribution in [0.4, 0.5) is 0 Å².